The van der Waals surface area contributed by atoms with Gasteiger partial charge in [-0.3, -0.25) is 0 Å². The zero-order valence-corrected chi connectivity index (χ0v) is 21.6. The van der Waals surface area contributed by atoms with Crippen LogP contribution in [-0.2, 0) is 18.9 Å². The number of benzene rings is 1. The minimum atomic E-state index is -0.416. The fourth-order valence-electron chi connectivity index (χ4n) is 2.77. The Hall–Kier alpha value is -2.64. The van der Waals surface area contributed by atoms with Gasteiger partial charge in [0.05, 0.1) is 65.7 Å². The molecule has 1 aromatic carbocycles. The first kappa shape index (κ1) is 30.4. The number of carbonyl (C=O) groups excluding carboxylic acids is 1. The fourth-order valence-corrected chi connectivity index (χ4v) is 3.30. The lowest BCUT2D eigenvalue weighted by atomic mass is 10.2. The summed E-state index contributed by atoms with van der Waals surface area (Å²) in [5.74, 6) is 0.350. The van der Waals surface area contributed by atoms with E-state index in [1.54, 1.807) is 19.4 Å². The molecule has 1 heterocycles. The largest absolute Gasteiger partial charge is 0.495 e. The zero-order chi connectivity index (χ0) is 25.9. The number of aromatic nitrogens is 1. The van der Waals surface area contributed by atoms with Crippen LogP contribution in [0.5, 0.6) is 5.75 Å². The van der Waals surface area contributed by atoms with Crippen LogP contribution < -0.4 is 21.1 Å². The Balaban J connectivity index is 0.000000462. The number of nitrogen functional groups attached to an aromatic ring is 2. The van der Waals surface area contributed by atoms with Crippen LogP contribution in [-0.4, -0.2) is 89.1 Å². The molecule has 2 rings (SSSR count). The van der Waals surface area contributed by atoms with Gasteiger partial charge in [0.1, 0.15) is 5.75 Å². The monoisotopic (exact) mass is 514 g/mol. The van der Waals surface area contributed by atoms with Crippen LogP contribution in [0.25, 0.3) is 0 Å². The summed E-state index contributed by atoms with van der Waals surface area (Å²) in [7, 11) is 1.64. The van der Waals surface area contributed by atoms with Gasteiger partial charge in [0.15, 0.2) is 10.8 Å². The Morgan fingerprint density at radius 1 is 1.06 bits per heavy atom. The highest BCUT2D eigenvalue weighted by molar-refractivity contribution is 7.13. The molecule has 0 fully saturated rings. The molecule has 0 atom stereocenters. The molecular formula is C23H38N4O7S. The highest BCUT2D eigenvalue weighted by Gasteiger charge is 2.11. The van der Waals surface area contributed by atoms with Gasteiger partial charge in [-0.25, -0.2) is 9.78 Å². The zero-order valence-electron chi connectivity index (χ0n) is 20.7. The first-order chi connectivity index (χ1) is 17.0. The van der Waals surface area contributed by atoms with Crippen molar-refractivity contribution < 1.29 is 33.6 Å². The van der Waals surface area contributed by atoms with Gasteiger partial charge in [-0.1, -0.05) is 0 Å². The molecule has 0 aliphatic carbocycles. The molecule has 0 saturated carbocycles. The summed E-state index contributed by atoms with van der Waals surface area (Å²) < 4.78 is 26.2. The Labute approximate surface area is 210 Å². The SMILES string of the molecule is CCN(CCOCCOCCOCCO)c1ccc(N)cc1OC.CCOC(=O)c1csc(N)n1. The van der Waals surface area contributed by atoms with E-state index in [1.165, 1.54) is 11.3 Å². The molecule has 0 radical (unpaired) electrons. The number of aliphatic hydroxyl groups is 1. The van der Waals surface area contributed by atoms with Gasteiger partial charge in [-0.2, -0.15) is 0 Å². The highest BCUT2D eigenvalue weighted by Crippen LogP contribution is 2.30. The van der Waals surface area contributed by atoms with E-state index in [2.05, 4.69) is 16.8 Å². The summed E-state index contributed by atoms with van der Waals surface area (Å²) in [4.78, 5) is 16.9. The number of hydrogen-bond acceptors (Lipinski definition) is 12. The average Bonchev–Trinajstić information content (AvgIpc) is 3.30. The molecule has 0 unspecified atom stereocenters. The number of anilines is 3. The molecular weight excluding hydrogens is 476 g/mol. The lowest BCUT2D eigenvalue weighted by Crippen LogP contribution is -2.28. The van der Waals surface area contributed by atoms with Crippen LogP contribution in [0.3, 0.4) is 0 Å². The lowest BCUT2D eigenvalue weighted by Gasteiger charge is -2.25. The summed E-state index contributed by atoms with van der Waals surface area (Å²) in [5, 5.41) is 10.5. The molecule has 5 N–H and O–H groups in total. The van der Waals surface area contributed by atoms with E-state index < -0.39 is 5.97 Å². The normalized spacial score (nSPS) is 10.4. The number of methoxy groups -OCH3 is 1. The number of carbonyl (C=O) groups is 1. The Bertz CT molecular complexity index is 838. The molecule has 0 bridgehead atoms. The van der Waals surface area contributed by atoms with Crippen molar-refractivity contribution in [3.8, 4) is 5.75 Å². The number of nitrogens with zero attached hydrogens (tertiary/aromatic N) is 2. The second-order valence-electron chi connectivity index (χ2n) is 6.86. The van der Waals surface area contributed by atoms with Gasteiger partial charge >= 0.3 is 5.97 Å². The maximum atomic E-state index is 10.9. The average molecular weight is 515 g/mol. The van der Waals surface area contributed by atoms with Crippen molar-refractivity contribution in [1.82, 2.24) is 4.98 Å². The van der Waals surface area contributed by atoms with Crippen molar-refractivity contribution in [3.63, 3.8) is 0 Å². The highest BCUT2D eigenvalue weighted by atomic mass is 32.1. The number of aliphatic hydroxyl groups excluding tert-OH is 1. The molecule has 0 aliphatic heterocycles. The fraction of sp³-hybridized carbons (Fsp3) is 0.565. The van der Waals surface area contributed by atoms with Gasteiger partial charge in [-0.15, -0.1) is 11.3 Å². The Morgan fingerprint density at radius 2 is 1.71 bits per heavy atom. The third-order valence-corrected chi connectivity index (χ3v) is 5.09. The van der Waals surface area contributed by atoms with Crippen molar-refractivity contribution in [2.45, 2.75) is 13.8 Å². The van der Waals surface area contributed by atoms with Crippen molar-refractivity contribution in [2.24, 2.45) is 0 Å². The Kier molecular flexibility index (Phi) is 16.2. The molecule has 198 valence electrons. The minimum absolute atomic E-state index is 0.0375. The van der Waals surface area contributed by atoms with Crippen LogP contribution >= 0.6 is 11.3 Å². The van der Waals surface area contributed by atoms with Gasteiger partial charge < -0.3 is 45.2 Å². The lowest BCUT2D eigenvalue weighted by molar-refractivity contribution is 0.00874. The summed E-state index contributed by atoms with van der Waals surface area (Å²) in [6.45, 7) is 8.85. The van der Waals surface area contributed by atoms with Crippen molar-refractivity contribution in [2.75, 3.05) is 89.4 Å². The molecule has 0 saturated heterocycles. The molecule has 11 nitrogen and oxygen atoms in total. The third kappa shape index (κ3) is 12.6. The standard InChI is InChI=1S/C17H30N2O5.C6H8N2O2S/c1-3-19(16-5-4-15(18)14-17(16)21-2)6-8-22-10-12-24-13-11-23-9-7-20;1-2-10-5(9)4-3-11-6(7)8-4/h4-5,14,20H,3,6-13,18H2,1-2H3;3H,2H2,1H3,(H2,7,8). The number of likely N-dealkylation sites (N-methyl/N-ethyl adjacent to an activating group) is 1. The van der Waals surface area contributed by atoms with Crippen LogP contribution in [0.4, 0.5) is 16.5 Å². The van der Waals surface area contributed by atoms with Crippen LogP contribution in [0.1, 0.15) is 24.3 Å². The predicted molar refractivity (Wildman–Crippen MR) is 137 cm³/mol. The van der Waals surface area contributed by atoms with E-state index in [9.17, 15) is 4.79 Å². The first-order valence-electron chi connectivity index (χ1n) is 11.4. The van der Waals surface area contributed by atoms with Crippen LogP contribution in [0.15, 0.2) is 23.6 Å². The maximum Gasteiger partial charge on any atom is 0.357 e. The summed E-state index contributed by atoms with van der Waals surface area (Å²) in [6, 6.07) is 5.66. The maximum absolute atomic E-state index is 10.9. The van der Waals surface area contributed by atoms with Gasteiger partial charge in [-0.05, 0) is 26.0 Å². The molecule has 1 aromatic heterocycles. The molecule has 0 spiro atoms. The minimum Gasteiger partial charge on any atom is -0.495 e. The number of ether oxygens (including phenoxy) is 5. The number of thiazole rings is 1. The quantitative estimate of drug-likeness (QED) is 0.171. The number of hydrogen-bond donors (Lipinski definition) is 3. The van der Waals surface area contributed by atoms with Crippen molar-refractivity contribution in [1.29, 1.82) is 0 Å². The molecule has 12 heteroatoms. The van der Waals surface area contributed by atoms with Crippen LogP contribution in [0, 0.1) is 0 Å². The van der Waals surface area contributed by atoms with Gasteiger partial charge in [0.25, 0.3) is 0 Å². The van der Waals surface area contributed by atoms with Crippen molar-refractivity contribution in [3.05, 3.63) is 29.3 Å². The van der Waals surface area contributed by atoms with E-state index in [-0.39, 0.29) is 12.3 Å². The predicted octanol–water partition coefficient (Wildman–Crippen LogP) is 2.05. The van der Waals surface area contributed by atoms with E-state index in [0.717, 1.165) is 24.5 Å². The van der Waals surface area contributed by atoms with E-state index in [0.29, 0.717) is 57.1 Å². The molecule has 2 aromatic rings. The van der Waals surface area contributed by atoms with E-state index >= 15 is 0 Å². The first-order valence-corrected chi connectivity index (χ1v) is 12.2. The summed E-state index contributed by atoms with van der Waals surface area (Å²) in [6.07, 6.45) is 0. The molecule has 0 amide bonds. The molecule has 35 heavy (non-hydrogen) atoms. The summed E-state index contributed by atoms with van der Waals surface area (Å²) in [5.41, 5.74) is 13.1. The Morgan fingerprint density at radius 3 is 2.26 bits per heavy atom. The second kappa shape index (κ2) is 18.7. The van der Waals surface area contributed by atoms with Crippen molar-refractivity contribution >= 4 is 33.8 Å². The van der Waals surface area contributed by atoms with Crippen LogP contribution in [0.2, 0.25) is 0 Å². The van der Waals surface area contributed by atoms with Gasteiger partial charge in [0.2, 0.25) is 0 Å². The second-order valence-corrected chi connectivity index (χ2v) is 7.75. The summed E-state index contributed by atoms with van der Waals surface area (Å²) >= 11 is 1.22. The number of esters is 1. The number of rotatable bonds is 16. The number of nitrogens with two attached hydrogens (primary N) is 2. The molecule has 0 aliphatic rings. The van der Waals surface area contributed by atoms with E-state index in [4.69, 9.17) is 40.3 Å². The van der Waals surface area contributed by atoms with Gasteiger partial charge in [0, 0.05) is 30.2 Å². The topological polar surface area (TPSA) is 152 Å². The van der Waals surface area contributed by atoms with E-state index in [1.807, 2.05) is 18.2 Å². The third-order valence-electron chi connectivity index (χ3n) is 4.42. The smallest absolute Gasteiger partial charge is 0.357 e.